The van der Waals surface area contributed by atoms with Crippen LogP contribution < -0.4 is 10.2 Å². The lowest BCUT2D eigenvalue weighted by Crippen LogP contribution is -2.21. The summed E-state index contributed by atoms with van der Waals surface area (Å²) in [7, 11) is 1.89. The number of hydrogen-bond donors (Lipinski definition) is 1. The summed E-state index contributed by atoms with van der Waals surface area (Å²) in [5, 5.41) is 7.30. The zero-order chi connectivity index (χ0) is 14.5. The van der Waals surface area contributed by atoms with Crippen LogP contribution in [0, 0.1) is 5.82 Å². The molecule has 0 radical (unpaired) electrons. The van der Waals surface area contributed by atoms with Gasteiger partial charge >= 0.3 is 0 Å². The first-order valence-electron chi connectivity index (χ1n) is 6.69. The normalized spacial score (nSPS) is 11.1. The standard InChI is InChI=1S/C15H20FN3O/c1-11(2)17-9-13-8-15(20-18-13)10-19(3)14-6-4-5-12(16)7-14/h4-8,11,17H,9-10H2,1-3H3. The average molecular weight is 277 g/mol. The molecule has 0 saturated carbocycles. The predicted octanol–water partition coefficient (Wildman–Crippen LogP) is 2.95. The van der Waals surface area contributed by atoms with Gasteiger partial charge in [0.15, 0.2) is 5.76 Å². The van der Waals surface area contributed by atoms with E-state index in [1.165, 1.54) is 12.1 Å². The van der Waals surface area contributed by atoms with Crippen LogP contribution in [0.25, 0.3) is 0 Å². The summed E-state index contributed by atoms with van der Waals surface area (Å²) in [5.74, 6) is 0.519. The number of anilines is 1. The van der Waals surface area contributed by atoms with Gasteiger partial charge in [-0.1, -0.05) is 25.1 Å². The molecule has 0 aliphatic rings. The molecule has 0 saturated heterocycles. The van der Waals surface area contributed by atoms with Crippen molar-refractivity contribution in [3.05, 3.63) is 47.6 Å². The van der Waals surface area contributed by atoms with Gasteiger partial charge in [-0.05, 0) is 18.2 Å². The first kappa shape index (κ1) is 14.5. The highest BCUT2D eigenvalue weighted by Crippen LogP contribution is 2.17. The van der Waals surface area contributed by atoms with Gasteiger partial charge in [0, 0.05) is 31.4 Å². The molecule has 0 amide bonds. The molecule has 1 N–H and O–H groups in total. The molecule has 0 fully saturated rings. The molecule has 0 unspecified atom stereocenters. The van der Waals surface area contributed by atoms with Crippen molar-refractivity contribution in [2.75, 3.05) is 11.9 Å². The van der Waals surface area contributed by atoms with E-state index in [4.69, 9.17) is 4.52 Å². The highest BCUT2D eigenvalue weighted by atomic mass is 19.1. The second-order valence-electron chi connectivity index (χ2n) is 5.16. The number of nitrogens with zero attached hydrogens (tertiary/aromatic N) is 2. The molecule has 2 rings (SSSR count). The summed E-state index contributed by atoms with van der Waals surface area (Å²) in [4.78, 5) is 1.92. The lowest BCUT2D eigenvalue weighted by Gasteiger charge is -2.17. The minimum atomic E-state index is -0.242. The van der Waals surface area contributed by atoms with Crippen LogP contribution in [0.5, 0.6) is 0 Å². The lowest BCUT2D eigenvalue weighted by molar-refractivity contribution is 0.374. The van der Waals surface area contributed by atoms with Crippen molar-refractivity contribution in [2.45, 2.75) is 33.0 Å². The predicted molar refractivity (Wildman–Crippen MR) is 77.0 cm³/mol. The Hall–Kier alpha value is -1.88. The Labute approximate surface area is 118 Å². The highest BCUT2D eigenvalue weighted by molar-refractivity contribution is 5.45. The van der Waals surface area contributed by atoms with Crippen molar-refractivity contribution < 1.29 is 8.91 Å². The molecule has 0 aliphatic heterocycles. The Kier molecular flexibility index (Phi) is 4.74. The molecular weight excluding hydrogens is 257 g/mol. The monoisotopic (exact) mass is 277 g/mol. The van der Waals surface area contributed by atoms with Gasteiger partial charge in [-0.15, -0.1) is 0 Å². The van der Waals surface area contributed by atoms with E-state index in [2.05, 4.69) is 24.3 Å². The third-order valence-corrected chi connectivity index (χ3v) is 2.94. The number of benzene rings is 1. The second kappa shape index (κ2) is 6.52. The van der Waals surface area contributed by atoms with E-state index in [0.717, 1.165) is 17.1 Å². The van der Waals surface area contributed by atoms with Crippen LogP contribution in [0.3, 0.4) is 0 Å². The van der Waals surface area contributed by atoms with Crippen molar-refractivity contribution in [2.24, 2.45) is 0 Å². The molecule has 0 bridgehead atoms. The fourth-order valence-electron chi connectivity index (χ4n) is 1.86. The third kappa shape index (κ3) is 4.06. The minimum absolute atomic E-state index is 0.242. The number of nitrogens with one attached hydrogen (secondary N) is 1. The summed E-state index contributed by atoms with van der Waals surface area (Å²) in [6.45, 7) is 5.40. The molecule has 20 heavy (non-hydrogen) atoms. The van der Waals surface area contributed by atoms with E-state index < -0.39 is 0 Å². The topological polar surface area (TPSA) is 41.3 Å². The van der Waals surface area contributed by atoms with Crippen LogP contribution >= 0.6 is 0 Å². The molecule has 4 nitrogen and oxygen atoms in total. The molecule has 2 aromatic rings. The second-order valence-corrected chi connectivity index (χ2v) is 5.16. The van der Waals surface area contributed by atoms with Crippen LogP contribution in [0.2, 0.25) is 0 Å². The van der Waals surface area contributed by atoms with E-state index >= 15 is 0 Å². The van der Waals surface area contributed by atoms with Crippen LogP contribution in [-0.4, -0.2) is 18.2 Å². The van der Waals surface area contributed by atoms with Gasteiger partial charge in [0.05, 0.1) is 12.2 Å². The SMILES string of the molecule is CC(C)NCc1cc(CN(C)c2cccc(F)c2)on1. The van der Waals surface area contributed by atoms with Crippen molar-refractivity contribution in [3.63, 3.8) is 0 Å². The summed E-state index contributed by atoms with van der Waals surface area (Å²) in [5.41, 5.74) is 1.68. The first-order valence-corrected chi connectivity index (χ1v) is 6.69. The van der Waals surface area contributed by atoms with Crippen molar-refractivity contribution in [1.82, 2.24) is 10.5 Å². The molecule has 0 spiro atoms. The van der Waals surface area contributed by atoms with E-state index in [9.17, 15) is 4.39 Å². The van der Waals surface area contributed by atoms with E-state index in [1.807, 2.05) is 24.1 Å². The molecule has 1 aromatic carbocycles. The Balaban J connectivity index is 1.96. The molecular formula is C15H20FN3O. The quantitative estimate of drug-likeness (QED) is 0.881. The smallest absolute Gasteiger partial charge is 0.156 e. The molecule has 0 atom stereocenters. The number of hydrogen-bond acceptors (Lipinski definition) is 4. The fourth-order valence-corrected chi connectivity index (χ4v) is 1.86. The molecule has 1 aromatic heterocycles. The van der Waals surface area contributed by atoms with Gasteiger partial charge in [0.2, 0.25) is 0 Å². The molecule has 108 valence electrons. The first-order chi connectivity index (χ1) is 9.54. The summed E-state index contributed by atoms with van der Waals surface area (Å²) in [6.07, 6.45) is 0. The van der Waals surface area contributed by atoms with Crippen molar-refractivity contribution >= 4 is 5.69 Å². The Bertz CT molecular complexity index is 554. The maximum absolute atomic E-state index is 13.2. The number of aromatic nitrogens is 1. The van der Waals surface area contributed by atoms with Gasteiger partial charge in [-0.2, -0.15) is 0 Å². The summed E-state index contributed by atoms with van der Waals surface area (Å²) in [6, 6.07) is 8.81. The van der Waals surface area contributed by atoms with Crippen molar-refractivity contribution in [1.29, 1.82) is 0 Å². The van der Waals surface area contributed by atoms with Gasteiger partial charge in [-0.25, -0.2) is 4.39 Å². The highest BCUT2D eigenvalue weighted by Gasteiger charge is 2.09. The molecule has 5 heteroatoms. The zero-order valence-corrected chi connectivity index (χ0v) is 12.1. The summed E-state index contributed by atoms with van der Waals surface area (Å²) >= 11 is 0. The average Bonchev–Trinajstić information content (AvgIpc) is 2.84. The maximum Gasteiger partial charge on any atom is 0.156 e. The molecule has 1 heterocycles. The van der Waals surface area contributed by atoms with Gasteiger partial charge < -0.3 is 14.7 Å². The fraction of sp³-hybridized carbons (Fsp3) is 0.400. The maximum atomic E-state index is 13.2. The van der Waals surface area contributed by atoms with Gasteiger partial charge in [0.25, 0.3) is 0 Å². The van der Waals surface area contributed by atoms with E-state index in [1.54, 1.807) is 6.07 Å². The van der Waals surface area contributed by atoms with Crippen LogP contribution in [0.4, 0.5) is 10.1 Å². The van der Waals surface area contributed by atoms with Crippen LogP contribution in [0.15, 0.2) is 34.9 Å². The molecule has 0 aliphatic carbocycles. The minimum Gasteiger partial charge on any atom is -0.367 e. The Morgan fingerprint density at radius 2 is 2.15 bits per heavy atom. The van der Waals surface area contributed by atoms with Crippen molar-refractivity contribution in [3.8, 4) is 0 Å². The third-order valence-electron chi connectivity index (χ3n) is 2.94. The summed E-state index contributed by atoms with van der Waals surface area (Å²) < 4.78 is 18.5. The number of rotatable bonds is 6. The van der Waals surface area contributed by atoms with Crippen LogP contribution in [-0.2, 0) is 13.1 Å². The zero-order valence-electron chi connectivity index (χ0n) is 12.1. The largest absolute Gasteiger partial charge is 0.367 e. The Morgan fingerprint density at radius 3 is 2.85 bits per heavy atom. The van der Waals surface area contributed by atoms with Gasteiger partial charge in [-0.3, -0.25) is 0 Å². The lowest BCUT2D eigenvalue weighted by atomic mass is 10.2. The van der Waals surface area contributed by atoms with E-state index in [-0.39, 0.29) is 5.82 Å². The van der Waals surface area contributed by atoms with E-state index in [0.29, 0.717) is 19.1 Å². The van der Waals surface area contributed by atoms with Crippen LogP contribution in [0.1, 0.15) is 25.3 Å². The van der Waals surface area contributed by atoms with Gasteiger partial charge in [0.1, 0.15) is 5.82 Å². The Morgan fingerprint density at radius 1 is 1.35 bits per heavy atom. The number of halogens is 1.